The van der Waals surface area contributed by atoms with Crippen LogP contribution in [0.2, 0.25) is 0 Å². The van der Waals surface area contributed by atoms with Crippen LogP contribution in [0.3, 0.4) is 0 Å². The molecule has 1 fully saturated rings. The summed E-state index contributed by atoms with van der Waals surface area (Å²) in [7, 11) is 2.03. The van der Waals surface area contributed by atoms with Crippen molar-refractivity contribution in [3.05, 3.63) is 125 Å². The summed E-state index contributed by atoms with van der Waals surface area (Å²) in [6, 6.07) is 1.98. The molecular weight excluding hydrogens is 877 g/mol. The van der Waals surface area contributed by atoms with E-state index in [0.717, 1.165) is 68.0 Å². The maximum absolute atomic E-state index is 12.4. The molecule has 2 aliphatic rings. The first-order valence-corrected chi connectivity index (χ1v) is 24.6. The molecule has 0 radical (unpaired) electrons. The molecule has 6 N–H and O–H groups in total. The number of aliphatic hydroxyl groups is 4. The van der Waals surface area contributed by atoms with Crippen LogP contribution in [0.5, 0.6) is 0 Å². The Hall–Kier alpha value is -5.25. The minimum atomic E-state index is -1.83. The summed E-state index contributed by atoms with van der Waals surface area (Å²) in [4.78, 5) is 47.2. The van der Waals surface area contributed by atoms with E-state index in [1.165, 1.54) is 0 Å². The van der Waals surface area contributed by atoms with Crippen LogP contribution in [0.1, 0.15) is 125 Å². The minimum absolute atomic E-state index is 0.0415. The maximum atomic E-state index is 12.4. The molecule has 0 saturated carbocycles. The zero-order valence-corrected chi connectivity index (χ0v) is 43.3. The van der Waals surface area contributed by atoms with Crippen LogP contribution in [-0.2, 0) is 23.9 Å². The number of carboxylic acid groups (broad SMARTS) is 1. The lowest BCUT2D eigenvalue weighted by atomic mass is 9.92. The zero-order valence-electron chi connectivity index (χ0n) is 43.3. The summed E-state index contributed by atoms with van der Waals surface area (Å²) in [5, 5.41) is 53.3. The number of carboxylic acids is 1. The van der Waals surface area contributed by atoms with Gasteiger partial charge in [-0.1, -0.05) is 134 Å². The van der Waals surface area contributed by atoms with Crippen molar-refractivity contribution in [2.75, 3.05) is 18.5 Å². The Morgan fingerprint density at radius 1 is 0.841 bits per heavy atom. The van der Waals surface area contributed by atoms with E-state index in [1.54, 1.807) is 43.4 Å². The van der Waals surface area contributed by atoms with E-state index in [1.807, 2.05) is 86.7 Å². The first-order valence-electron chi connectivity index (χ1n) is 24.6. The second kappa shape index (κ2) is 34.1. The summed E-state index contributed by atoms with van der Waals surface area (Å²) in [5.74, 6) is -1.26. The fraction of sp³-hybridized carbons (Fsp3) is 0.545. The number of aliphatic hydroxyl groups excluding tert-OH is 4. The van der Waals surface area contributed by atoms with Crippen molar-refractivity contribution in [2.24, 2.45) is 17.8 Å². The van der Waals surface area contributed by atoms with Crippen molar-refractivity contribution in [1.29, 1.82) is 0 Å². The number of carbonyl (C=O) groups is 3. The predicted molar refractivity (Wildman–Crippen MR) is 276 cm³/mol. The number of aliphatic carboxylic acids is 1. The molecule has 9 atom stereocenters. The monoisotopic (exact) mass is 961 g/mol. The van der Waals surface area contributed by atoms with Gasteiger partial charge in [-0.2, -0.15) is 0 Å². The number of Topliss-reactive ketones (excluding diaryl/α,β-unsaturated/α-hetero) is 1. The largest absolute Gasteiger partial charge is 0.510 e. The molecule has 9 unspecified atom stereocenters. The molecule has 69 heavy (non-hydrogen) atoms. The number of carbonyl (C=O) groups excluding carboxylic acids is 2. The number of ketones is 1. The van der Waals surface area contributed by atoms with Gasteiger partial charge in [0.25, 0.3) is 5.91 Å². The molecule has 1 aromatic rings. The number of aryl methyl sites for hydroxylation is 2. The van der Waals surface area contributed by atoms with E-state index in [0.29, 0.717) is 11.5 Å². The third-order valence-corrected chi connectivity index (χ3v) is 11.1. The van der Waals surface area contributed by atoms with E-state index >= 15 is 0 Å². The van der Waals surface area contributed by atoms with Gasteiger partial charge in [0.15, 0.2) is 18.2 Å². The highest BCUT2D eigenvalue weighted by Gasteiger charge is 2.48. The average Bonchev–Trinajstić information content (AvgIpc) is 3.63. The Morgan fingerprint density at radius 3 is 2.06 bits per heavy atom. The number of amides is 1. The molecule has 14 nitrogen and oxygen atoms in total. The van der Waals surface area contributed by atoms with Crippen LogP contribution < -0.4 is 10.2 Å². The van der Waals surface area contributed by atoms with Gasteiger partial charge in [-0.15, -0.1) is 0 Å². The van der Waals surface area contributed by atoms with Crippen molar-refractivity contribution in [2.45, 2.75) is 164 Å². The topological polar surface area (TPSA) is 212 Å². The lowest BCUT2D eigenvalue weighted by Gasteiger charge is -2.40. The van der Waals surface area contributed by atoms with Gasteiger partial charge in [0.05, 0.1) is 6.10 Å². The van der Waals surface area contributed by atoms with Gasteiger partial charge >= 0.3 is 5.97 Å². The van der Waals surface area contributed by atoms with Crippen LogP contribution in [0.4, 0.5) is 5.95 Å². The average molecular weight is 961 g/mol. The molecule has 1 aliphatic carbocycles. The van der Waals surface area contributed by atoms with Gasteiger partial charge in [0.2, 0.25) is 5.95 Å². The van der Waals surface area contributed by atoms with E-state index in [9.17, 15) is 39.9 Å². The number of hydrogen-bond acceptors (Lipinski definition) is 12. The number of hydrogen-bond donors (Lipinski definition) is 6. The van der Waals surface area contributed by atoms with Crippen LogP contribution in [0.25, 0.3) is 0 Å². The van der Waals surface area contributed by atoms with E-state index in [-0.39, 0.29) is 41.9 Å². The van der Waals surface area contributed by atoms with Crippen LogP contribution in [-0.4, -0.2) is 104 Å². The summed E-state index contributed by atoms with van der Waals surface area (Å²) in [6.45, 7) is 22.6. The van der Waals surface area contributed by atoms with Crippen LogP contribution >= 0.6 is 0 Å². The molecule has 0 bridgehead atoms. The normalized spacial score (nSPS) is 22.1. The Balaban J connectivity index is 0.00000579. The molecule has 1 aliphatic heterocycles. The van der Waals surface area contributed by atoms with Gasteiger partial charge < -0.3 is 45.2 Å². The second-order valence-electron chi connectivity index (χ2n) is 17.2. The minimum Gasteiger partial charge on any atom is -0.510 e. The van der Waals surface area contributed by atoms with Crippen LogP contribution in [0, 0.1) is 31.6 Å². The van der Waals surface area contributed by atoms with Crippen molar-refractivity contribution in [3.8, 4) is 0 Å². The lowest BCUT2D eigenvalue weighted by molar-refractivity contribution is -0.303. The first-order chi connectivity index (χ1) is 32.9. The first kappa shape index (κ1) is 61.8. The maximum Gasteiger partial charge on any atom is 0.335 e. The molecular formula is C55H84N4O10. The number of nitrogens with one attached hydrogen (secondary N) is 1. The van der Waals surface area contributed by atoms with Crippen molar-refractivity contribution in [1.82, 2.24) is 15.3 Å². The molecule has 0 aromatic carbocycles. The molecule has 1 saturated heterocycles. The van der Waals surface area contributed by atoms with Crippen molar-refractivity contribution in [3.63, 3.8) is 0 Å². The standard InChI is InChI=1S/C51H72N4O10.2C2H6/c1-33(23-17-14-15-22-30-55(8)51-52-38(6)32-39(7)53-51)24-18-16-19-25-34(2)31-37(5)46(64-50-45(60)43(58)44(59)47(65-50)49(62)63)35(3)26-20-12-10-9-11-13-21-27-36(4)48(61)54-42-40(56)28-29-41(42)57;2*1-2/h9-14,17-18,20-21,24,26-27,31-35,43-47,50,56,58-60H,15-16,19,22-23,25,28-30H2,1-8H3,(H,54,61)(H,62,63);2*1-2H3/b11-9+,12-10+,17-14+,21-13+,24-18+,26-20+,36-27+,37-31+;;. The molecule has 0 spiro atoms. The van der Waals surface area contributed by atoms with Crippen molar-refractivity contribution >= 4 is 23.6 Å². The van der Waals surface area contributed by atoms with Crippen LogP contribution in [0.15, 0.2) is 114 Å². The molecule has 2 heterocycles. The Kier molecular flexibility index (Phi) is 30.5. The van der Waals surface area contributed by atoms with Crippen molar-refractivity contribution < 1.29 is 49.4 Å². The Labute approximate surface area is 412 Å². The fourth-order valence-corrected chi connectivity index (χ4v) is 7.33. The zero-order chi connectivity index (χ0) is 52.1. The lowest BCUT2D eigenvalue weighted by Crippen LogP contribution is -2.61. The number of unbranched alkanes of at least 4 members (excludes halogenated alkanes) is 2. The summed E-state index contributed by atoms with van der Waals surface area (Å²) < 4.78 is 11.7. The number of aromatic nitrogens is 2. The van der Waals surface area contributed by atoms with E-state index in [2.05, 4.69) is 64.4 Å². The predicted octanol–water partition coefficient (Wildman–Crippen LogP) is 9.59. The highest BCUT2D eigenvalue weighted by Crippen LogP contribution is 2.29. The molecule has 1 aromatic heterocycles. The highest BCUT2D eigenvalue weighted by atomic mass is 16.7. The number of allylic oxidation sites excluding steroid dienone is 15. The highest BCUT2D eigenvalue weighted by molar-refractivity contribution is 6.04. The number of rotatable bonds is 25. The van der Waals surface area contributed by atoms with Gasteiger partial charge in [-0.25, -0.2) is 14.8 Å². The number of ether oxygens (including phenoxy) is 2. The fourth-order valence-electron chi connectivity index (χ4n) is 7.33. The SMILES string of the molecule is CC.CC.C\C(=C/C=C/C=C/C=C/C=C/C(C)C(OC1OC(C(=O)O)C(O)C(O)C1O)/C(C)=C/C(C)CCC/C=C/C(C)C/C=C/CCCN(C)c1nc(C)cc(C)n1)C(=O)NC1=C(O)CCC1=O. The van der Waals surface area contributed by atoms with E-state index < -0.39 is 48.7 Å². The van der Waals surface area contributed by atoms with Gasteiger partial charge in [-0.05, 0) is 89.7 Å². The second-order valence-corrected chi connectivity index (χ2v) is 17.2. The smallest absolute Gasteiger partial charge is 0.335 e. The molecule has 1 amide bonds. The van der Waals surface area contributed by atoms with Gasteiger partial charge in [-0.3, -0.25) is 9.59 Å². The molecule has 3 rings (SSSR count). The number of anilines is 1. The third-order valence-electron chi connectivity index (χ3n) is 11.1. The molecule has 14 heteroatoms. The quantitative estimate of drug-likeness (QED) is 0.0234. The number of nitrogens with zero attached hydrogens (tertiary/aromatic N) is 3. The molecule has 384 valence electrons. The third kappa shape index (κ3) is 22.8. The van der Waals surface area contributed by atoms with E-state index in [4.69, 9.17) is 9.47 Å². The Bertz CT molecular complexity index is 1990. The summed E-state index contributed by atoms with van der Waals surface area (Å²) >= 11 is 0. The Morgan fingerprint density at radius 2 is 1.45 bits per heavy atom. The van der Waals surface area contributed by atoms with Gasteiger partial charge in [0.1, 0.15) is 29.8 Å². The summed E-state index contributed by atoms with van der Waals surface area (Å²) in [6.07, 6.45) is 24.0. The summed E-state index contributed by atoms with van der Waals surface area (Å²) in [5.41, 5.74) is 3.11. The van der Waals surface area contributed by atoms with Gasteiger partial charge in [0, 0.05) is 49.3 Å².